The molecule has 0 saturated heterocycles. The van der Waals surface area contributed by atoms with Crippen LogP contribution in [-0.2, 0) is 11.2 Å². The number of carbonyl (C=O) groups excluding carboxylic acids is 2. The first-order valence-corrected chi connectivity index (χ1v) is 7.74. The molecule has 1 atom stereocenters. The van der Waals surface area contributed by atoms with Crippen LogP contribution in [0.5, 0.6) is 5.75 Å². The van der Waals surface area contributed by atoms with Crippen molar-refractivity contribution in [2.45, 2.75) is 13.3 Å². The van der Waals surface area contributed by atoms with E-state index in [1.165, 1.54) is 6.92 Å². The second-order valence-corrected chi connectivity index (χ2v) is 5.97. The predicted octanol–water partition coefficient (Wildman–Crippen LogP) is 4.09. The molecule has 0 bridgehead atoms. The summed E-state index contributed by atoms with van der Waals surface area (Å²) in [5.41, 5.74) is 1.40. The van der Waals surface area contributed by atoms with Crippen molar-refractivity contribution in [1.82, 2.24) is 0 Å². The number of ether oxygens (including phenoxy) is 1. The highest BCUT2D eigenvalue weighted by Gasteiger charge is 2.25. The summed E-state index contributed by atoms with van der Waals surface area (Å²) >= 11 is 3.34. The van der Waals surface area contributed by atoms with E-state index >= 15 is 0 Å². The molecule has 22 heavy (non-hydrogen) atoms. The van der Waals surface area contributed by atoms with Crippen LogP contribution in [0.2, 0.25) is 0 Å². The van der Waals surface area contributed by atoms with Gasteiger partial charge in [0.1, 0.15) is 11.5 Å². The van der Waals surface area contributed by atoms with Gasteiger partial charge in [-0.15, -0.1) is 0 Å². The van der Waals surface area contributed by atoms with Crippen molar-refractivity contribution in [3.8, 4) is 5.75 Å². The number of carbonyl (C=O) groups is 2. The fraction of sp³-hybridized carbons (Fsp3) is 0.222. The van der Waals surface area contributed by atoms with Gasteiger partial charge in [-0.05, 0) is 37.1 Å². The quantitative estimate of drug-likeness (QED) is 0.575. The average molecular weight is 361 g/mol. The first-order valence-electron chi connectivity index (χ1n) is 6.95. The molecule has 114 valence electrons. The Morgan fingerprint density at radius 3 is 2.32 bits per heavy atom. The number of Topliss-reactive ketones (excluding diaryl/α,β-unsaturated/α-hetero) is 2. The maximum Gasteiger partial charge on any atom is 0.173 e. The van der Waals surface area contributed by atoms with Gasteiger partial charge in [-0.25, -0.2) is 0 Å². The van der Waals surface area contributed by atoms with E-state index in [2.05, 4.69) is 15.9 Å². The molecular formula is C18H17BrO3. The average Bonchev–Trinajstić information content (AvgIpc) is 2.52. The topological polar surface area (TPSA) is 43.4 Å². The number of rotatable bonds is 6. The van der Waals surface area contributed by atoms with Crippen molar-refractivity contribution < 1.29 is 14.3 Å². The third-order valence-electron chi connectivity index (χ3n) is 3.55. The third-order valence-corrected chi connectivity index (χ3v) is 4.08. The van der Waals surface area contributed by atoms with Crippen molar-refractivity contribution in [3.63, 3.8) is 0 Å². The SMILES string of the molecule is COc1ccccc1CC(C(C)=O)C(=O)c1ccc(Br)cc1. The minimum absolute atomic E-state index is 0.140. The molecule has 2 aromatic carbocycles. The summed E-state index contributed by atoms with van der Waals surface area (Å²) in [6.07, 6.45) is 0.342. The zero-order chi connectivity index (χ0) is 16.1. The van der Waals surface area contributed by atoms with Crippen molar-refractivity contribution in [3.05, 3.63) is 64.1 Å². The molecule has 0 saturated carbocycles. The van der Waals surface area contributed by atoms with Gasteiger partial charge in [0, 0.05) is 10.0 Å². The van der Waals surface area contributed by atoms with Gasteiger partial charge in [-0.2, -0.15) is 0 Å². The molecule has 0 heterocycles. The standard InChI is InChI=1S/C18H17BrO3/c1-12(20)16(11-14-5-3-4-6-17(14)22-2)18(21)13-7-9-15(19)10-8-13/h3-10,16H,11H2,1-2H3. The van der Waals surface area contributed by atoms with Crippen LogP contribution in [-0.4, -0.2) is 18.7 Å². The summed E-state index contributed by atoms with van der Waals surface area (Å²) < 4.78 is 6.19. The van der Waals surface area contributed by atoms with E-state index in [0.29, 0.717) is 17.7 Å². The molecule has 0 aliphatic heterocycles. The zero-order valence-corrected chi connectivity index (χ0v) is 14.1. The summed E-state index contributed by atoms with van der Waals surface area (Å²) in [5, 5.41) is 0. The van der Waals surface area contributed by atoms with Crippen molar-refractivity contribution in [1.29, 1.82) is 0 Å². The van der Waals surface area contributed by atoms with E-state index in [-0.39, 0.29) is 11.6 Å². The van der Waals surface area contributed by atoms with Crippen molar-refractivity contribution in [2.24, 2.45) is 5.92 Å². The number of hydrogen-bond acceptors (Lipinski definition) is 3. The Morgan fingerprint density at radius 2 is 1.73 bits per heavy atom. The molecule has 0 radical (unpaired) electrons. The first kappa shape index (κ1) is 16.4. The van der Waals surface area contributed by atoms with Crippen LogP contribution in [0.4, 0.5) is 0 Å². The van der Waals surface area contributed by atoms with Gasteiger partial charge in [-0.1, -0.05) is 46.3 Å². The molecule has 0 aliphatic carbocycles. The molecule has 0 fully saturated rings. The monoisotopic (exact) mass is 360 g/mol. The molecule has 2 rings (SSSR count). The minimum atomic E-state index is -0.697. The van der Waals surface area contributed by atoms with Gasteiger partial charge >= 0.3 is 0 Å². The van der Waals surface area contributed by atoms with Crippen LogP contribution in [0, 0.1) is 5.92 Å². The highest BCUT2D eigenvalue weighted by Crippen LogP contribution is 2.24. The van der Waals surface area contributed by atoms with Gasteiger partial charge in [-0.3, -0.25) is 9.59 Å². The Morgan fingerprint density at radius 1 is 1.09 bits per heavy atom. The van der Waals surface area contributed by atoms with E-state index < -0.39 is 5.92 Å². The van der Waals surface area contributed by atoms with E-state index in [0.717, 1.165) is 10.0 Å². The Kier molecular flexibility index (Phi) is 5.50. The number of benzene rings is 2. The highest BCUT2D eigenvalue weighted by atomic mass is 79.9. The molecule has 3 nitrogen and oxygen atoms in total. The fourth-order valence-corrected chi connectivity index (χ4v) is 2.59. The zero-order valence-electron chi connectivity index (χ0n) is 12.5. The normalized spacial score (nSPS) is 11.8. The summed E-state index contributed by atoms with van der Waals surface area (Å²) in [7, 11) is 1.58. The molecule has 1 unspecified atom stereocenters. The molecule has 0 aromatic heterocycles. The molecule has 0 amide bonds. The van der Waals surface area contributed by atoms with E-state index in [9.17, 15) is 9.59 Å². The molecule has 2 aromatic rings. The maximum atomic E-state index is 12.6. The Hall–Kier alpha value is -1.94. The molecule has 0 N–H and O–H groups in total. The Bertz CT molecular complexity index is 677. The van der Waals surface area contributed by atoms with E-state index in [1.54, 1.807) is 31.4 Å². The van der Waals surface area contributed by atoms with Crippen LogP contribution in [0.25, 0.3) is 0 Å². The number of halogens is 1. The number of hydrogen-bond donors (Lipinski definition) is 0. The Balaban J connectivity index is 2.28. The van der Waals surface area contributed by atoms with Crippen molar-refractivity contribution in [2.75, 3.05) is 7.11 Å². The number of para-hydroxylation sites is 1. The fourth-order valence-electron chi connectivity index (χ4n) is 2.33. The summed E-state index contributed by atoms with van der Waals surface area (Å²) in [4.78, 5) is 24.6. The summed E-state index contributed by atoms with van der Waals surface area (Å²) in [6, 6.07) is 14.5. The Labute approximate surface area is 138 Å². The van der Waals surface area contributed by atoms with Gasteiger partial charge in [0.2, 0.25) is 0 Å². The van der Waals surface area contributed by atoms with Gasteiger partial charge < -0.3 is 4.74 Å². The minimum Gasteiger partial charge on any atom is -0.496 e. The van der Waals surface area contributed by atoms with E-state index in [4.69, 9.17) is 4.74 Å². The highest BCUT2D eigenvalue weighted by molar-refractivity contribution is 9.10. The van der Waals surface area contributed by atoms with Gasteiger partial charge in [0.05, 0.1) is 13.0 Å². The van der Waals surface area contributed by atoms with Crippen molar-refractivity contribution >= 4 is 27.5 Å². The first-order chi connectivity index (χ1) is 10.5. The molecule has 0 spiro atoms. The molecule has 0 aliphatic rings. The lowest BCUT2D eigenvalue weighted by molar-refractivity contribution is -0.119. The van der Waals surface area contributed by atoms with Crippen LogP contribution in [0.15, 0.2) is 53.0 Å². The van der Waals surface area contributed by atoms with Crippen LogP contribution in [0.1, 0.15) is 22.8 Å². The number of ketones is 2. The summed E-state index contributed by atoms with van der Waals surface area (Å²) in [5.74, 6) is -0.306. The van der Waals surface area contributed by atoms with Crippen LogP contribution >= 0.6 is 15.9 Å². The second kappa shape index (κ2) is 7.36. The van der Waals surface area contributed by atoms with Gasteiger partial charge in [0.15, 0.2) is 5.78 Å². The molecular weight excluding hydrogens is 344 g/mol. The smallest absolute Gasteiger partial charge is 0.173 e. The van der Waals surface area contributed by atoms with Crippen LogP contribution < -0.4 is 4.74 Å². The maximum absolute atomic E-state index is 12.6. The van der Waals surface area contributed by atoms with Gasteiger partial charge in [0.25, 0.3) is 0 Å². The van der Waals surface area contributed by atoms with Crippen LogP contribution in [0.3, 0.4) is 0 Å². The number of methoxy groups -OCH3 is 1. The van der Waals surface area contributed by atoms with E-state index in [1.807, 2.05) is 24.3 Å². The summed E-state index contributed by atoms with van der Waals surface area (Å²) in [6.45, 7) is 1.46. The third kappa shape index (κ3) is 3.83. The lowest BCUT2D eigenvalue weighted by atomic mass is 9.88. The lowest BCUT2D eigenvalue weighted by Gasteiger charge is -2.15. The lowest BCUT2D eigenvalue weighted by Crippen LogP contribution is -2.24. The second-order valence-electron chi connectivity index (χ2n) is 5.05. The molecule has 4 heteroatoms. The predicted molar refractivity (Wildman–Crippen MR) is 89.3 cm³/mol. The largest absolute Gasteiger partial charge is 0.496 e.